The molecule has 1 fully saturated rings. The molecule has 17 N–H and O–H groups in total. The first kappa shape index (κ1) is 68.5. The van der Waals surface area contributed by atoms with Crippen molar-refractivity contribution in [1.82, 2.24) is 57.9 Å². The Labute approximate surface area is 514 Å². The number of benzene rings is 3. The van der Waals surface area contributed by atoms with Gasteiger partial charge in [-0.2, -0.15) is 0 Å². The summed E-state index contributed by atoms with van der Waals surface area (Å²) < 4.78 is 0. The molecule has 1 aliphatic rings. The van der Waals surface area contributed by atoms with Gasteiger partial charge < -0.3 is 73.7 Å². The molecule has 0 saturated carbocycles. The van der Waals surface area contributed by atoms with E-state index < -0.39 is 133 Å². The van der Waals surface area contributed by atoms with Crippen molar-refractivity contribution in [3.8, 4) is 0 Å². The van der Waals surface area contributed by atoms with E-state index in [2.05, 4.69) is 63.4 Å². The molecule has 88 heavy (non-hydrogen) atoms. The number of anilines is 1. The van der Waals surface area contributed by atoms with E-state index in [-0.39, 0.29) is 61.5 Å². The SMILES string of the molecule is CC(O)C(CO)NC(=O)[C@@H]1CSSC[C@@H](NC(=O)[C@@H](Cc2ccccc2)NC(=O)CCC(=O)NNc2ccc(C(=O)O)cn2)C(=O)N[C@H](Cc2ccccc2)C(=O)N[C@@H](Cc2c[nH]c3ccccc23)C(=O)N[C@H](CCCCN)C(=O)N[C@H](C(C)O)C(=O)N1. The number of carbonyl (C=O) groups is 10. The molecule has 3 aromatic carbocycles. The van der Waals surface area contributed by atoms with E-state index in [4.69, 9.17) is 10.8 Å². The van der Waals surface area contributed by atoms with Crippen LogP contribution in [-0.4, -0.2) is 175 Å². The number of hydrogen-bond donors (Lipinski definition) is 16. The van der Waals surface area contributed by atoms with Gasteiger partial charge in [0.2, 0.25) is 53.2 Å². The molecule has 472 valence electrons. The highest BCUT2D eigenvalue weighted by Gasteiger charge is 2.37. The van der Waals surface area contributed by atoms with Gasteiger partial charge in [-0.05, 0) is 74.5 Å². The first-order valence-corrected chi connectivity index (χ1v) is 30.9. The van der Waals surface area contributed by atoms with Crippen LogP contribution in [0.5, 0.6) is 0 Å². The van der Waals surface area contributed by atoms with Crippen LogP contribution in [0.25, 0.3) is 10.9 Å². The van der Waals surface area contributed by atoms with E-state index in [0.717, 1.165) is 33.3 Å². The normalized spacial score (nSPS) is 20.4. The summed E-state index contributed by atoms with van der Waals surface area (Å²) in [7, 11) is 1.88. The Hall–Kier alpha value is -8.61. The third-order valence-electron chi connectivity index (χ3n) is 14.1. The molecular formula is C59H75N13O14S2. The molecule has 0 spiro atoms. The van der Waals surface area contributed by atoms with Crippen molar-refractivity contribution >= 4 is 97.4 Å². The summed E-state index contributed by atoms with van der Waals surface area (Å²) in [5.41, 5.74) is 13.1. The van der Waals surface area contributed by atoms with E-state index in [1.807, 2.05) is 18.2 Å². The Morgan fingerprint density at radius 1 is 0.693 bits per heavy atom. The smallest absolute Gasteiger partial charge is 0.337 e. The summed E-state index contributed by atoms with van der Waals surface area (Å²) in [6.45, 7) is 2.06. The summed E-state index contributed by atoms with van der Waals surface area (Å²) in [5, 5.41) is 62.6. The van der Waals surface area contributed by atoms with Crippen LogP contribution >= 0.6 is 21.6 Å². The second-order valence-electron chi connectivity index (χ2n) is 20.9. The average Bonchev–Trinajstić information content (AvgIpc) is 3.22. The number of carboxylic acid groups (broad SMARTS) is 1. The third-order valence-corrected chi connectivity index (χ3v) is 16.5. The number of fused-ring (bicyclic) bond motifs is 1. The number of aliphatic hydroxyl groups is 3. The first-order valence-electron chi connectivity index (χ1n) is 28.4. The third kappa shape index (κ3) is 21.4. The largest absolute Gasteiger partial charge is 0.478 e. The molecule has 10 atom stereocenters. The van der Waals surface area contributed by atoms with E-state index in [1.54, 1.807) is 72.9 Å². The van der Waals surface area contributed by atoms with Crippen LogP contribution in [0.15, 0.2) is 109 Å². The number of unbranched alkanes of at least 4 members (excludes halogenated alkanes) is 1. The number of rotatable bonds is 24. The summed E-state index contributed by atoms with van der Waals surface area (Å²) in [6, 6.07) is 15.3. The fourth-order valence-electron chi connectivity index (χ4n) is 9.10. The highest BCUT2D eigenvalue weighted by atomic mass is 33.1. The molecule has 2 aromatic heterocycles. The summed E-state index contributed by atoms with van der Waals surface area (Å²) in [4.78, 5) is 147. The number of para-hydroxylation sites is 1. The van der Waals surface area contributed by atoms with Gasteiger partial charge in [0.05, 0.1) is 30.4 Å². The molecule has 0 bridgehead atoms. The number of aromatic amines is 1. The lowest BCUT2D eigenvalue weighted by Gasteiger charge is -2.29. The van der Waals surface area contributed by atoms with Crippen LogP contribution in [-0.2, 0) is 62.4 Å². The lowest BCUT2D eigenvalue weighted by molar-refractivity contribution is -0.136. The first-order chi connectivity index (χ1) is 42.2. The molecule has 3 unspecified atom stereocenters. The predicted molar refractivity (Wildman–Crippen MR) is 328 cm³/mol. The van der Waals surface area contributed by atoms with Crippen molar-refractivity contribution in [3.63, 3.8) is 0 Å². The molecule has 3 heterocycles. The summed E-state index contributed by atoms with van der Waals surface area (Å²) >= 11 is 0. The fraction of sp³-hybridized carbons (Fsp3) is 0.407. The van der Waals surface area contributed by atoms with E-state index in [1.165, 1.54) is 26.0 Å². The number of aromatic nitrogens is 2. The lowest BCUT2D eigenvalue weighted by atomic mass is 10.0. The van der Waals surface area contributed by atoms with Crippen molar-refractivity contribution in [2.75, 3.05) is 30.1 Å². The zero-order valence-corrected chi connectivity index (χ0v) is 50.0. The lowest BCUT2D eigenvalue weighted by Crippen LogP contribution is -2.62. The van der Waals surface area contributed by atoms with Crippen molar-refractivity contribution < 1.29 is 68.4 Å². The van der Waals surface area contributed by atoms with Crippen LogP contribution in [0.3, 0.4) is 0 Å². The molecule has 27 nitrogen and oxygen atoms in total. The highest BCUT2D eigenvalue weighted by Crippen LogP contribution is 2.25. The molecular weight excluding hydrogens is 1180 g/mol. The number of hydrogen-bond acceptors (Lipinski definition) is 18. The molecule has 29 heteroatoms. The maximum Gasteiger partial charge on any atom is 0.337 e. The quantitative estimate of drug-likeness (QED) is 0.0208. The Morgan fingerprint density at radius 3 is 1.97 bits per heavy atom. The number of carbonyl (C=O) groups excluding carboxylic acids is 9. The van der Waals surface area contributed by atoms with E-state index in [0.29, 0.717) is 34.9 Å². The minimum Gasteiger partial charge on any atom is -0.478 e. The van der Waals surface area contributed by atoms with Gasteiger partial charge >= 0.3 is 5.97 Å². The molecule has 0 aliphatic carbocycles. The van der Waals surface area contributed by atoms with E-state index >= 15 is 9.59 Å². The number of nitrogens with two attached hydrogens (primary N) is 1. The number of carboxylic acids is 1. The van der Waals surface area contributed by atoms with Gasteiger partial charge in [0.1, 0.15) is 48.1 Å². The standard InChI is InChI=1S/C59H75N13O14S2/c1-33(74)45(30-73)67-57(83)47-32-88-87-31-46(68-53(79)42(25-35-13-5-3-6-14-35)63-49(76)22-23-50(77)72-71-48-21-20-37(28-62-48)59(85)86)56(82)65-43(26-36-15-7-4-8-16-36)54(80)66-44(27-38-29-61-40-18-10-9-17-39(38)40)55(81)64-41(19-11-12-24-60)52(78)70-51(34(2)75)58(84)69-47/h3-10,13-18,20-21,28-29,33-34,41-47,51,61,73-75H,11-12,19,22-27,30-32,60H2,1-2H3,(H,62,71)(H,63,76)(H,64,81)(H,65,82)(H,66,80)(H,67,83)(H,68,79)(H,69,84)(H,70,78)(H,72,77)(H,85,86)/t33?,34?,41-,42-,43-,44+,45?,46-,47+,51-/m1/s1. The van der Waals surface area contributed by atoms with Crippen molar-refractivity contribution in [2.24, 2.45) is 5.73 Å². The van der Waals surface area contributed by atoms with Gasteiger partial charge in [-0.1, -0.05) is 100 Å². The van der Waals surface area contributed by atoms with Crippen molar-refractivity contribution in [2.45, 2.75) is 126 Å². The van der Waals surface area contributed by atoms with E-state index in [9.17, 15) is 53.7 Å². The predicted octanol–water partition coefficient (Wildman–Crippen LogP) is -0.631. The van der Waals surface area contributed by atoms with Gasteiger partial charge in [0.25, 0.3) is 0 Å². The maximum atomic E-state index is 15.0. The number of amides is 9. The molecule has 9 amide bonds. The van der Waals surface area contributed by atoms with Gasteiger partial charge in [-0.3, -0.25) is 54.0 Å². The number of aromatic carboxylic acids is 1. The van der Waals surface area contributed by atoms with Crippen LogP contribution in [0.1, 0.15) is 73.0 Å². The van der Waals surface area contributed by atoms with Crippen molar-refractivity contribution in [1.29, 1.82) is 0 Å². The second kappa shape index (κ2) is 34.7. The molecule has 1 aliphatic heterocycles. The number of aliphatic hydroxyl groups excluding tert-OH is 3. The fourth-order valence-corrected chi connectivity index (χ4v) is 11.4. The van der Waals surface area contributed by atoms with Crippen molar-refractivity contribution in [3.05, 3.63) is 132 Å². The zero-order chi connectivity index (χ0) is 63.7. The maximum absolute atomic E-state index is 15.0. The number of pyridine rings is 1. The number of hydrazine groups is 1. The molecule has 1 saturated heterocycles. The van der Waals surface area contributed by atoms with Gasteiger partial charge in [-0.25, -0.2) is 9.78 Å². The second-order valence-corrected chi connectivity index (χ2v) is 23.5. The Kier molecular flexibility index (Phi) is 27.0. The minimum absolute atomic E-state index is 0.0181. The Bertz CT molecular complexity index is 3180. The number of H-pyrrole nitrogens is 1. The molecule has 5 aromatic rings. The zero-order valence-electron chi connectivity index (χ0n) is 48.4. The van der Waals surface area contributed by atoms with Crippen LogP contribution in [0, 0.1) is 0 Å². The topological polar surface area (TPSA) is 427 Å². The van der Waals surface area contributed by atoms with Gasteiger partial charge in [0.15, 0.2) is 0 Å². The minimum atomic E-state index is -1.73. The highest BCUT2D eigenvalue weighted by molar-refractivity contribution is 8.76. The summed E-state index contributed by atoms with van der Waals surface area (Å²) in [5.74, 6) is -9.42. The Morgan fingerprint density at radius 2 is 1.32 bits per heavy atom. The summed E-state index contributed by atoms with van der Waals surface area (Å²) in [6.07, 6.45) is -0.622. The molecule has 6 rings (SSSR count). The van der Waals surface area contributed by atoms with Crippen LogP contribution < -0.4 is 59.1 Å². The van der Waals surface area contributed by atoms with Gasteiger partial charge in [-0.15, -0.1) is 0 Å². The number of nitrogens with one attached hydrogen (secondary N) is 11. The Balaban J connectivity index is 1.36. The van der Waals surface area contributed by atoms with Crippen LogP contribution in [0.2, 0.25) is 0 Å². The monoisotopic (exact) mass is 1250 g/mol. The average molecular weight is 1250 g/mol. The molecule has 0 radical (unpaired) electrons. The van der Waals surface area contributed by atoms with Gasteiger partial charge in [0, 0.05) is 66.9 Å². The number of nitrogens with zero attached hydrogens (tertiary/aromatic N) is 1. The van der Waals surface area contributed by atoms with Crippen LogP contribution in [0.4, 0.5) is 5.82 Å².